The van der Waals surface area contributed by atoms with Crippen molar-refractivity contribution in [3.05, 3.63) is 41.5 Å². The van der Waals surface area contributed by atoms with Gasteiger partial charge in [0.2, 0.25) is 0 Å². The molecule has 0 radical (unpaired) electrons. The Bertz CT molecular complexity index is 646. The minimum atomic E-state index is -0.199. The molecule has 18 heavy (non-hydrogen) atoms. The molecule has 0 aromatic carbocycles. The summed E-state index contributed by atoms with van der Waals surface area (Å²) >= 11 is 1.36. The Kier molecular flexibility index (Phi) is 2.66. The SMILES string of the molecule is O=C(NNc1ccccn1)c1cc2cn[nH]c2s1. The molecule has 3 heterocycles. The molecule has 0 fully saturated rings. The summed E-state index contributed by atoms with van der Waals surface area (Å²) in [7, 11) is 0. The molecule has 7 heteroatoms. The first-order valence-electron chi connectivity index (χ1n) is 5.23. The summed E-state index contributed by atoms with van der Waals surface area (Å²) in [5, 5.41) is 7.64. The van der Waals surface area contributed by atoms with Crippen molar-refractivity contribution < 1.29 is 4.79 Å². The fourth-order valence-corrected chi connectivity index (χ4v) is 2.36. The van der Waals surface area contributed by atoms with Gasteiger partial charge in [0.05, 0.1) is 11.1 Å². The van der Waals surface area contributed by atoms with Crippen molar-refractivity contribution in [1.82, 2.24) is 20.6 Å². The third-order valence-electron chi connectivity index (χ3n) is 2.32. The number of pyridine rings is 1. The predicted molar refractivity (Wildman–Crippen MR) is 69.3 cm³/mol. The van der Waals surface area contributed by atoms with Crippen LogP contribution in [0.15, 0.2) is 36.7 Å². The van der Waals surface area contributed by atoms with Gasteiger partial charge in [0.15, 0.2) is 0 Å². The van der Waals surface area contributed by atoms with Gasteiger partial charge in [-0.05, 0) is 18.2 Å². The van der Waals surface area contributed by atoms with E-state index in [-0.39, 0.29) is 5.91 Å². The molecule has 0 saturated carbocycles. The average Bonchev–Trinajstić information content (AvgIpc) is 2.98. The normalized spacial score (nSPS) is 10.4. The molecule has 0 aliphatic carbocycles. The van der Waals surface area contributed by atoms with Gasteiger partial charge in [0.25, 0.3) is 5.91 Å². The van der Waals surface area contributed by atoms with Crippen molar-refractivity contribution in [3.8, 4) is 0 Å². The summed E-state index contributed by atoms with van der Waals surface area (Å²) in [5.41, 5.74) is 5.34. The second kappa shape index (κ2) is 4.46. The van der Waals surface area contributed by atoms with E-state index in [0.717, 1.165) is 10.2 Å². The number of anilines is 1. The summed E-state index contributed by atoms with van der Waals surface area (Å²) in [6, 6.07) is 7.20. The highest BCUT2D eigenvalue weighted by Gasteiger charge is 2.10. The molecule has 3 N–H and O–H groups in total. The van der Waals surface area contributed by atoms with Gasteiger partial charge >= 0.3 is 0 Å². The number of hydrogen-bond acceptors (Lipinski definition) is 5. The number of hydrogen-bond donors (Lipinski definition) is 3. The van der Waals surface area contributed by atoms with Crippen molar-refractivity contribution in [2.45, 2.75) is 0 Å². The Balaban J connectivity index is 1.70. The van der Waals surface area contributed by atoms with Crippen LogP contribution in [0.1, 0.15) is 9.67 Å². The number of thiophene rings is 1. The standard InChI is InChI=1S/C11H9N5OS/c17-10(15-14-9-3-1-2-4-12-9)8-5-7-6-13-16-11(7)18-8/h1-6H,(H,12,14)(H,13,16)(H,15,17). The number of aromatic nitrogens is 3. The number of H-pyrrole nitrogens is 1. The Labute approximate surface area is 106 Å². The summed E-state index contributed by atoms with van der Waals surface area (Å²) in [6.45, 7) is 0. The van der Waals surface area contributed by atoms with Gasteiger partial charge in [-0.1, -0.05) is 6.07 Å². The maximum atomic E-state index is 11.9. The highest BCUT2D eigenvalue weighted by Crippen LogP contribution is 2.22. The van der Waals surface area contributed by atoms with Crippen LogP contribution in [-0.4, -0.2) is 21.1 Å². The molecule has 90 valence electrons. The van der Waals surface area contributed by atoms with Crippen molar-refractivity contribution in [2.75, 3.05) is 5.43 Å². The van der Waals surface area contributed by atoms with Crippen molar-refractivity contribution in [3.63, 3.8) is 0 Å². The topological polar surface area (TPSA) is 82.7 Å². The molecule has 0 aliphatic heterocycles. The lowest BCUT2D eigenvalue weighted by molar-refractivity contribution is 0.0966. The van der Waals surface area contributed by atoms with Gasteiger partial charge in [0.1, 0.15) is 10.6 Å². The molecule has 0 saturated heterocycles. The fraction of sp³-hybridized carbons (Fsp3) is 0. The molecule has 1 amide bonds. The lowest BCUT2D eigenvalue weighted by Crippen LogP contribution is -2.29. The predicted octanol–water partition coefficient (Wildman–Crippen LogP) is 1.78. The number of rotatable bonds is 3. The van der Waals surface area contributed by atoms with Crippen molar-refractivity contribution in [1.29, 1.82) is 0 Å². The molecule has 3 rings (SSSR count). The second-order valence-electron chi connectivity index (χ2n) is 3.56. The van der Waals surface area contributed by atoms with E-state index < -0.39 is 0 Å². The second-order valence-corrected chi connectivity index (χ2v) is 4.61. The van der Waals surface area contributed by atoms with Gasteiger partial charge < -0.3 is 0 Å². The van der Waals surface area contributed by atoms with E-state index in [2.05, 4.69) is 26.0 Å². The number of carbonyl (C=O) groups excluding carboxylic acids is 1. The van der Waals surface area contributed by atoms with Crippen LogP contribution in [-0.2, 0) is 0 Å². The zero-order valence-electron chi connectivity index (χ0n) is 9.18. The highest BCUT2D eigenvalue weighted by atomic mass is 32.1. The lowest BCUT2D eigenvalue weighted by atomic mass is 10.4. The van der Waals surface area contributed by atoms with Crippen molar-refractivity contribution >= 4 is 33.3 Å². The highest BCUT2D eigenvalue weighted by molar-refractivity contribution is 7.20. The molecule has 0 unspecified atom stereocenters. The van der Waals surface area contributed by atoms with Crippen LogP contribution in [0.2, 0.25) is 0 Å². The zero-order valence-corrected chi connectivity index (χ0v) is 9.99. The number of hydrazine groups is 1. The Hall–Kier alpha value is -2.41. The van der Waals surface area contributed by atoms with E-state index in [1.807, 2.05) is 12.1 Å². The minimum Gasteiger partial charge on any atom is -0.282 e. The summed E-state index contributed by atoms with van der Waals surface area (Å²) in [4.78, 5) is 17.4. The van der Waals surface area contributed by atoms with Gasteiger partial charge in [-0.3, -0.25) is 20.7 Å². The first-order valence-corrected chi connectivity index (χ1v) is 6.05. The lowest BCUT2D eigenvalue weighted by Gasteiger charge is -2.05. The van der Waals surface area contributed by atoms with E-state index in [4.69, 9.17) is 0 Å². The van der Waals surface area contributed by atoms with E-state index >= 15 is 0 Å². The van der Waals surface area contributed by atoms with E-state index in [1.54, 1.807) is 24.5 Å². The summed E-state index contributed by atoms with van der Waals surface area (Å²) < 4.78 is 0. The maximum absolute atomic E-state index is 11.9. The number of fused-ring (bicyclic) bond motifs is 1. The molecule has 0 aliphatic rings. The summed E-state index contributed by atoms with van der Waals surface area (Å²) in [6.07, 6.45) is 3.34. The fourth-order valence-electron chi connectivity index (χ4n) is 1.48. The molecule has 3 aromatic rings. The minimum absolute atomic E-state index is 0.199. The Morgan fingerprint density at radius 1 is 1.39 bits per heavy atom. The Morgan fingerprint density at radius 2 is 2.33 bits per heavy atom. The van der Waals surface area contributed by atoms with Crippen LogP contribution in [0.4, 0.5) is 5.82 Å². The quantitative estimate of drug-likeness (QED) is 0.626. The molecule has 0 spiro atoms. The molecular weight excluding hydrogens is 250 g/mol. The number of amides is 1. The average molecular weight is 259 g/mol. The molecule has 0 atom stereocenters. The zero-order chi connectivity index (χ0) is 12.4. The van der Waals surface area contributed by atoms with E-state index in [9.17, 15) is 4.79 Å². The molecule has 3 aromatic heterocycles. The number of aromatic amines is 1. The van der Waals surface area contributed by atoms with Crippen LogP contribution in [0.25, 0.3) is 10.2 Å². The van der Waals surface area contributed by atoms with Crippen LogP contribution < -0.4 is 10.9 Å². The monoisotopic (exact) mass is 259 g/mol. The van der Waals surface area contributed by atoms with Crippen LogP contribution >= 0.6 is 11.3 Å². The van der Waals surface area contributed by atoms with E-state index in [1.165, 1.54) is 11.3 Å². The largest absolute Gasteiger partial charge is 0.282 e. The summed E-state index contributed by atoms with van der Waals surface area (Å²) in [5.74, 6) is 0.393. The third kappa shape index (κ3) is 2.03. The van der Waals surface area contributed by atoms with E-state index in [0.29, 0.717) is 10.7 Å². The van der Waals surface area contributed by atoms with Gasteiger partial charge in [0, 0.05) is 11.6 Å². The molecular formula is C11H9N5OS. The maximum Gasteiger partial charge on any atom is 0.279 e. The van der Waals surface area contributed by atoms with Gasteiger partial charge in [-0.25, -0.2) is 4.98 Å². The van der Waals surface area contributed by atoms with Gasteiger partial charge in [-0.2, -0.15) is 5.10 Å². The molecule has 6 nitrogen and oxygen atoms in total. The van der Waals surface area contributed by atoms with Crippen LogP contribution in [0.3, 0.4) is 0 Å². The Morgan fingerprint density at radius 3 is 3.11 bits per heavy atom. The smallest absolute Gasteiger partial charge is 0.279 e. The third-order valence-corrected chi connectivity index (χ3v) is 3.38. The van der Waals surface area contributed by atoms with Gasteiger partial charge in [-0.15, -0.1) is 11.3 Å². The number of nitrogens with zero attached hydrogens (tertiary/aromatic N) is 2. The van der Waals surface area contributed by atoms with Crippen LogP contribution in [0.5, 0.6) is 0 Å². The van der Waals surface area contributed by atoms with Crippen LogP contribution in [0, 0.1) is 0 Å². The van der Waals surface area contributed by atoms with Crippen molar-refractivity contribution in [2.24, 2.45) is 0 Å². The number of nitrogens with one attached hydrogen (secondary N) is 3. The first kappa shape index (κ1) is 10.7. The first-order chi connectivity index (χ1) is 8.83. The molecule has 0 bridgehead atoms. The number of carbonyl (C=O) groups is 1.